The van der Waals surface area contributed by atoms with Gasteiger partial charge in [0.1, 0.15) is 11.4 Å². The summed E-state index contributed by atoms with van der Waals surface area (Å²) >= 11 is 0. The summed E-state index contributed by atoms with van der Waals surface area (Å²) in [6, 6.07) is 6.99. The van der Waals surface area contributed by atoms with Crippen molar-refractivity contribution in [2.24, 2.45) is 0 Å². The molecule has 0 saturated heterocycles. The highest BCUT2D eigenvalue weighted by atomic mass is 16.5. The van der Waals surface area contributed by atoms with E-state index in [0.29, 0.717) is 12.1 Å². The van der Waals surface area contributed by atoms with E-state index in [2.05, 4.69) is 37.4 Å². The van der Waals surface area contributed by atoms with Crippen molar-refractivity contribution in [2.45, 2.75) is 63.7 Å². The topological polar surface area (TPSA) is 30.5 Å². The Balaban J connectivity index is 1.85. The molecule has 1 fully saturated rings. The molecule has 116 valence electrons. The molecule has 3 heteroatoms. The highest BCUT2D eigenvalue weighted by molar-refractivity contribution is 5.41. The maximum Gasteiger partial charge on any atom is 0.124 e. The van der Waals surface area contributed by atoms with E-state index in [0.717, 1.165) is 44.4 Å². The van der Waals surface area contributed by atoms with E-state index >= 15 is 0 Å². The molecule has 1 aromatic rings. The Morgan fingerprint density at radius 2 is 2.10 bits per heavy atom. The summed E-state index contributed by atoms with van der Waals surface area (Å²) in [4.78, 5) is 0. The zero-order valence-electron chi connectivity index (χ0n) is 13.4. The fraction of sp³-hybridized carbons (Fsp3) is 0.667. The van der Waals surface area contributed by atoms with E-state index in [4.69, 9.17) is 9.47 Å². The lowest BCUT2D eigenvalue weighted by Crippen LogP contribution is -2.47. The largest absolute Gasteiger partial charge is 0.487 e. The molecule has 1 aromatic carbocycles. The molecule has 0 aromatic heterocycles. The van der Waals surface area contributed by atoms with Gasteiger partial charge in [0.05, 0.1) is 6.10 Å². The number of hydrogen-bond acceptors (Lipinski definition) is 3. The van der Waals surface area contributed by atoms with Crippen LogP contribution in [-0.4, -0.2) is 25.4 Å². The van der Waals surface area contributed by atoms with Gasteiger partial charge in [-0.15, -0.1) is 0 Å². The second-order valence-electron chi connectivity index (χ2n) is 6.58. The minimum Gasteiger partial charge on any atom is -0.487 e. The van der Waals surface area contributed by atoms with Gasteiger partial charge < -0.3 is 14.8 Å². The molecule has 1 aliphatic heterocycles. The molecule has 1 atom stereocenters. The molecule has 3 nitrogen and oxygen atoms in total. The van der Waals surface area contributed by atoms with Gasteiger partial charge in [-0.05, 0) is 45.2 Å². The molecule has 1 heterocycles. The maximum atomic E-state index is 6.49. The quantitative estimate of drug-likeness (QED) is 0.919. The Hall–Kier alpha value is -1.06. The monoisotopic (exact) mass is 289 g/mol. The Bertz CT molecular complexity index is 492. The lowest BCUT2D eigenvalue weighted by molar-refractivity contribution is -0.0453. The van der Waals surface area contributed by atoms with Crippen LogP contribution in [0.1, 0.15) is 56.2 Å². The van der Waals surface area contributed by atoms with Crippen molar-refractivity contribution < 1.29 is 9.47 Å². The zero-order chi connectivity index (χ0) is 14.9. The van der Waals surface area contributed by atoms with Crippen LogP contribution in [-0.2, 0) is 4.74 Å². The molecular weight excluding hydrogens is 262 g/mol. The molecule has 1 N–H and O–H groups in total. The molecular formula is C18H27NO2. The third kappa shape index (κ3) is 2.95. The molecule has 0 bridgehead atoms. The van der Waals surface area contributed by atoms with Crippen LogP contribution in [0.5, 0.6) is 5.75 Å². The normalized spacial score (nSPS) is 31.8. The van der Waals surface area contributed by atoms with Crippen molar-refractivity contribution in [1.82, 2.24) is 5.32 Å². The number of rotatable bonds is 3. The van der Waals surface area contributed by atoms with Crippen LogP contribution in [0.15, 0.2) is 18.2 Å². The minimum absolute atomic E-state index is 0.00409. The standard InChI is InChI=1S/C18H27NO2/c1-4-19-16-12-18(9-7-14(20-3)8-10-18)21-17-6-5-13(2)11-15(16)17/h5-6,11,14,16,19H,4,7-10,12H2,1-3H3. The van der Waals surface area contributed by atoms with Crippen LogP contribution in [0.4, 0.5) is 0 Å². The van der Waals surface area contributed by atoms with Crippen molar-refractivity contribution >= 4 is 0 Å². The van der Waals surface area contributed by atoms with Gasteiger partial charge in [-0.1, -0.05) is 24.6 Å². The average Bonchev–Trinajstić information content (AvgIpc) is 2.49. The molecule has 21 heavy (non-hydrogen) atoms. The van der Waals surface area contributed by atoms with Crippen molar-refractivity contribution in [2.75, 3.05) is 13.7 Å². The van der Waals surface area contributed by atoms with E-state index in [-0.39, 0.29) is 5.60 Å². The minimum atomic E-state index is 0.00409. The fourth-order valence-electron chi connectivity index (χ4n) is 3.88. The van der Waals surface area contributed by atoms with Crippen molar-refractivity contribution in [1.29, 1.82) is 0 Å². The molecule has 1 saturated carbocycles. The van der Waals surface area contributed by atoms with Crippen LogP contribution in [0.25, 0.3) is 0 Å². The number of hydrogen-bond donors (Lipinski definition) is 1. The summed E-state index contributed by atoms with van der Waals surface area (Å²) in [6.45, 7) is 5.33. The Morgan fingerprint density at radius 1 is 1.33 bits per heavy atom. The SMILES string of the molecule is CCNC1CC2(CCC(OC)CC2)Oc2ccc(C)cc21. The van der Waals surface area contributed by atoms with Gasteiger partial charge >= 0.3 is 0 Å². The molecule has 1 aliphatic carbocycles. The predicted octanol–water partition coefficient (Wildman–Crippen LogP) is 3.76. The fourth-order valence-corrected chi connectivity index (χ4v) is 3.88. The number of fused-ring (bicyclic) bond motifs is 1. The van der Waals surface area contributed by atoms with Gasteiger partial charge in [-0.2, -0.15) is 0 Å². The van der Waals surface area contributed by atoms with Crippen molar-refractivity contribution in [3.63, 3.8) is 0 Å². The second kappa shape index (κ2) is 5.98. The van der Waals surface area contributed by atoms with Crippen LogP contribution in [0.2, 0.25) is 0 Å². The third-order valence-corrected chi connectivity index (χ3v) is 5.07. The number of benzene rings is 1. The van der Waals surface area contributed by atoms with Crippen LogP contribution < -0.4 is 10.1 Å². The van der Waals surface area contributed by atoms with Crippen LogP contribution in [0.3, 0.4) is 0 Å². The summed E-state index contributed by atoms with van der Waals surface area (Å²) in [5.41, 5.74) is 2.64. The summed E-state index contributed by atoms with van der Waals surface area (Å²) in [7, 11) is 1.82. The molecule has 1 unspecified atom stereocenters. The Morgan fingerprint density at radius 3 is 2.76 bits per heavy atom. The number of aryl methyl sites for hydroxylation is 1. The smallest absolute Gasteiger partial charge is 0.124 e. The average molecular weight is 289 g/mol. The van der Waals surface area contributed by atoms with E-state index in [1.165, 1.54) is 11.1 Å². The lowest BCUT2D eigenvalue weighted by Gasteiger charge is -2.46. The van der Waals surface area contributed by atoms with Crippen LogP contribution >= 0.6 is 0 Å². The summed E-state index contributed by atoms with van der Waals surface area (Å²) in [6.07, 6.45) is 5.90. The molecule has 0 amide bonds. The first-order chi connectivity index (χ1) is 10.2. The lowest BCUT2D eigenvalue weighted by atomic mass is 9.76. The van der Waals surface area contributed by atoms with E-state index in [1.807, 2.05) is 7.11 Å². The first-order valence-electron chi connectivity index (χ1n) is 8.21. The van der Waals surface area contributed by atoms with Gasteiger partial charge in [0, 0.05) is 25.1 Å². The highest BCUT2D eigenvalue weighted by Crippen LogP contribution is 2.46. The van der Waals surface area contributed by atoms with Crippen molar-refractivity contribution in [3.05, 3.63) is 29.3 Å². The van der Waals surface area contributed by atoms with Gasteiger partial charge in [-0.25, -0.2) is 0 Å². The molecule has 1 spiro atoms. The molecule has 0 radical (unpaired) electrons. The third-order valence-electron chi connectivity index (χ3n) is 5.07. The Kier molecular flexibility index (Phi) is 4.23. The zero-order valence-corrected chi connectivity index (χ0v) is 13.4. The Labute approximate surface area is 128 Å². The van der Waals surface area contributed by atoms with Gasteiger partial charge in [0.15, 0.2) is 0 Å². The molecule has 3 rings (SSSR count). The van der Waals surface area contributed by atoms with Gasteiger partial charge in [0.25, 0.3) is 0 Å². The van der Waals surface area contributed by atoms with Crippen molar-refractivity contribution in [3.8, 4) is 5.75 Å². The maximum absolute atomic E-state index is 6.49. The van der Waals surface area contributed by atoms with E-state index in [9.17, 15) is 0 Å². The second-order valence-corrected chi connectivity index (χ2v) is 6.58. The van der Waals surface area contributed by atoms with Gasteiger partial charge in [-0.3, -0.25) is 0 Å². The summed E-state index contributed by atoms with van der Waals surface area (Å²) in [5, 5.41) is 3.65. The van der Waals surface area contributed by atoms with Crippen LogP contribution in [0, 0.1) is 6.92 Å². The number of ether oxygens (including phenoxy) is 2. The first kappa shape index (κ1) is 14.9. The highest BCUT2D eigenvalue weighted by Gasteiger charge is 2.43. The molecule has 2 aliphatic rings. The van der Waals surface area contributed by atoms with E-state index in [1.54, 1.807) is 0 Å². The summed E-state index contributed by atoms with van der Waals surface area (Å²) < 4.78 is 12.0. The van der Waals surface area contributed by atoms with E-state index < -0.39 is 0 Å². The summed E-state index contributed by atoms with van der Waals surface area (Å²) in [5.74, 6) is 1.08. The first-order valence-corrected chi connectivity index (χ1v) is 8.21. The predicted molar refractivity (Wildman–Crippen MR) is 84.8 cm³/mol. The van der Waals surface area contributed by atoms with Gasteiger partial charge in [0.2, 0.25) is 0 Å². The number of nitrogens with one attached hydrogen (secondary N) is 1. The number of methoxy groups -OCH3 is 1.